The maximum atomic E-state index is 13.6. The summed E-state index contributed by atoms with van der Waals surface area (Å²) in [5.41, 5.74) is 0.979. The third kappa shape index (κ3) is 3.20. The Morgan fingerprint density at radius 3 is 2.52 bits per heavy atom. The van der Waals surface area contributed by atoms with Crippen molar-refractivity contribution in [1.82, 2.24) is 5.32 Å². The Kier molecular flexibility index (Phi) is 4.44. The topological polar surface area (TPSA) is 51.5 Å². The molecule has 0 unspecified atom stereocenters. The molecule has 0 saturated carbocycles. The molecule has 0 radical (unpaired) electrons. The van der Waals surface area contributed by atoms with Crippen LogP contribution in [-0.4, -0.2) is 19.1 Å². The number of ether oxygens (including phenoxy) is 1. The molecule has 1 aromatic heterocycles. The van der Waals surface area contributed by atoms with E-state index in [-0.39, 0.29) is 28.9 Å². The van der Waals surface area contributed by atoms with Crippen LogP contribution in [0.25, 0.3) is 22.3 Å². The van der Waals surface area contributed by atoms with E-state index in [1.165, 1.54) is 13.1 Å². The van der Waals surface area contributed by atoms with Crippen LogP contribution < -0.4 is 10.1 Å². The highest BCUT2D eigenvalue weighted by Gasteiger charge is 2.22. The minimum Gasteiger partial charge on any atom is -0.491 e. The Morgan fingerprint density at radius 2 is 1.88 bits per heavy atom. The Morgan fingerprint density at radius 1 is 1.12 bits per heavy atom. The molecule has 130 valence electrons. The third-order valence-corrected chi connectivity index (χ3v) is 3.67. The molecule has 0 saturated heterocycles. The highest BCUT2D eigenvalue weighted by atomic mass is 19.2. The summed E-state index contributed by atoms with van der Waals surface area (Å²) in [6, 6.07) is 8.49. The highest BCUT2D eigenvalue weighted by molar-refractivity contribution is 6.11. The molecule has 0 aliphatic heterocycles. The summed E-state index contributed by atoms with van der Waals surface area (Å²) in [5, 5.41) is 3.09. The van der Waals surface area contributed by atoms with Crippen molar-refractivity contribution in [3.63, 3.8) is 0 Å². The SMILES string of the molecule is CNC(=O)c1c(-c2ccc(F)c(F)c2)oc2ccc(OC(C)C)cc12. The quantitative estimate of drug-likeness (QED) is 0.756. The van der Waals surface area contributed by atoms with Crippen LogP contribution in [0.3, 0.4) is 0 Å². The first-order chi connectivity index (χ1) is 11.9. The van der Waals surface area contributed by atoms with Crippen molar-refractivity contribution in [1.29, 1.82) is 0 Å². The van der Waals surface area contributed by atoms with Gasteiger partial charge in [0, 0.05) is 18.0 Å². The van der Waals surface area contributed by atoms with Crippen molar-refractivity contribution < 1.29 is 22.7 Å². The predicted molar refractivity (Wildman–Crippen MR) is 90.7 cm³/mol. The summed E-state index contributed by atoms with van der Waals surface area (Å²) in [5.74, 6) is -1.60. The molecule has 0 fully saturated rings. The molecule has 0 bridgehead atoms. The molecule has 0 aliphatic rings. The van der Waals surface area contributed by atoms with Crippen LogP contribution >= 0.6 is 0 Å². The van der Waals surface area contributed by atoms with Gasteiger partial charge in [-0.05, 0) is 50.2 Å². The number of carbonyl (C=O) groups is 1. The van der Waals surface area contributed by atoms with Gasteiger partial charge in [-0.1, -0.05) is 0 Å². The molecule has 0 spiro atoms. The lowest BCUT2D eigenvalue weighted by Gasteiger charge is -2.09. The van der Waals surface area contributed by atoms with Crippen LogP contribution in [0.15, 0.2) is 40.8 Å². The van der Waals surface area contributed by atoms with Gasteiger partial charge < -0.3 is 14.5 Å². The lowest BCUT2D eigenvalue weighted by Crippen LogP contribution is -2.18. The molecule has 6 heteroatoms. The van der Waals surface area contributed by atoms with E-state index in [4.69, 9.17) is 9.15 Å². The second-order valence-corrected chi connectivity index (χ2v) is 5.84. The van der Waals surface area contributed by atoms with Gasteiger partial charge in [0.25, 0.3) is 5.91 Å². The zero-order valence-corrected chi connectivity index (χ0v) is 14.0. The second kappa shape index (κ2) is 6.55. The van der Waals surface area contributed by atoms with E-state index in [1.54, 1.807) is 18.2 Å². The summed E-state index contributed by atoms with van der Waals surface area (Å²) in [6.45, 7) is 3.79. The Balaban J connectivity index is 2.23. The summed E-state index contributed by atoms with van der Waals surface area (Å²) < 4.78 is 38.2. The summed E-state index contributed by atoms with van der Waals surface area (Å²) in [7, 11) is 1.49. The fourth-order valence-electron chi connectivity index (χ4n) is 2.61. The normalized spacial score (nSPS) is 11.1. The van der Waals surface area contributed by atoms with E-state index in [9.17, 15) is 13.6 Å². The molecule has 25 heavy (non-hydrogen) atoms. The van der Waals surface area contributed by atoms with Crippen molar-refractivity contribution in [2.24, 2.45) is 0 Å². The molecule has 0 aliphatic carbocycles. The van der Waals surface area contributed by atoms with Gasteiger partial charge in [0.2, 0.25) is 0 Å². The average Bonchev–Trinajstić information content (AvgIpc) is 2.94. The minimum atomic E-state index is -1.01. The van der Waals surface area contributed by atoms with Crippen LogP contribution in [0.4, 0.5) is 8.78 Å². The van der Waals surface area contributed by atoms with E-state index in [2.05, 4.69) is 5.32 Å². The van der Waals surface area contributed by atoms with Crippen LogP contribution in [0, 0.1) is 11.6 Å². The maximum absolute atomic E-state index is 13.6. The Labute approximate surface area is 143 Å². The van der Waals surface area contributed by atoms with Gasteiger partial charge in [-0.3, -0.25) is 4.79 Å². The van der Waals surface area contributed by atoms with Crippen LogP contribution in [0.1, 0.15) is 24.2 Å². The number of furan rings is 1. The number of fused-ring (bicyclic) bond motifs is 1. The van der Waals surface area contributed by atoms with E-state index in [0.717, 1.165) is 12.1 Å². The molecule has 3 aromatic rings. The second-order valence-electron chi connectivity index (χ2n) is 5.84. The number of rotatable bonds is 4. The van der Waals surface area contributed by atoms with Crippen LogP contribution in [0.5, 0.6) is 5.75 Å². The molecule has 1 amide bonds. The van der Waals surface area contributed by atoms with Crippen molar-refractivity contribution in [3.05, 3.63) is 53.6 Å². The lowest BCUT2D eigenvalue weighted by molar-refractivity contribution is 0.0964. The Hall–Kier alpha value is -2.89. The molecule has 4 nitrogen and oxygen atoms in total. The fourth-order valence-corrected chi connectivity index (χ4v) is 2.61. The number of benzene rings is 2. The number of hydrogen-bond donors (Lipinski definition) is 1. The highest BCUT2D eigenvalue weighted by Crippen LogP contribution is 2.36. The van der Waals surface area contributed by atoms with Crippen molar-refractivity contribution in [2.75, 3.05) is 7.05 Å². The van der Waals surface area contributed by atoms with Crippen molar-refractivity contribution >= 4 is 16.9 Å². The summed E-state index contributed by atoms with van der Waals surface area (Å²) in [6.07, 6.45) is -0.0292. The third-order valence-electron chi connectivity index (χ3n) is 3.67. The molecule has 3 rings (SSSR count). The smallest absolute Gasteiger partial charge is 0.255 e. The van der Waals surface area contributed by atoms with Crippen LogP contribution in [-0.2, 0) is 0 Å². The molecule has 2 aromatic carbocycles. The van der Waals surface area contributed by atoms with Gasteiger partial charge in [0.15, 0.2) is 11.6 Å². The van der Waals surface area contributed by atoms with Gasteiger partial charge in [-0.25, -0.2) is 8.78 Å². The van der Waals surface area contributed by atoms with Crippen molar-refractivity contribution in [3.8, 4) is 17.1 Å². The summed E-state index contributed by atoms with van der Waals surface area (Å²) >= 11 is 0. The number of nitrogens with one attached hydrogen (secondary N) is 1. The largest absolute Gasteiger partial charge is 0.491 e. The standard InChI is InChI=1S/C19H17F2NO3/c1-10(2)24-12-5-7-16-13(9-12)17(19(23)22-3)18(25-16)11-4-6-14(20)15(21)8-11/h4-10H,1-3H3,(H,22,23). The zero-order chi connectivity index (χ0) is 18.1. The molecular weight excluding hydrogens is 328 g/mol. The minimum absolute atomic E-state index is 0.0292. The zero-order valence-electron chi connectivity index (χ0n) is 14.0. The summed E-state index contributed by atoms with van der Waals surface area (Å²) in [4.78, 5) is 12.4. The van der Waals surface area contributed by atoms with Gasteiger partial charge in [0.05, 0.1) is 11.7 Å². The lowest BCUT2D eigenvalue weighted by atomic mass is 10.0. The first-order valence-electron chi connectivity index (χ1n) is 7.81. The van der Waals surface area contributed by atoms with Gasteiger partial charge in [-0.2, -0.15) is 0 Å². The number of amides is 1. The van der Waals surface area contributed by atoms with Crippen LogP contribution in [0.2, 0.25) is 0 Å². The van der Waals surface area contributed by atoms with Crippen molar-refractivity contribution in [2.45, 2.75) is 20.0 Å². The predicted octanol–water partition coefficient (Wildman–Crippen LogP) is 4.52. The van der Waals surface area contributed by atoms with E-state index < -0.39 is 11.6 Å². The maximum Gasteiger partial charge on any atom is 0.255 e. The first kappa shape index (κ1) is 17.0. The molecular formula is C19H17F2NO3. The average molecular weight is 345 g/mol. The number of carbonyl (C=O) groups excluding carboxylic acids is 1. The molecule has 1 heterocycles. The number of hydrogen-bond acceptors (Lipinski definition) is 3. The molecule has 1 N–H and O–H groups in total. The fraction of sp³-hybridized carbons (Fsp3) is 0.211. The van der Waals surface area contributed by atoms with Gasteiger partial charge in [-0.15, -0.1) is 0 Å². The van der Waals surface area contributed by atoms with Gasteiger partial charge >= 0.3 is 0 Å². The first-order valence-corrected chi connectivity index (χ1v) is 7.81. The molecule has 0 atom stereocenters. The van der Waals surface area contributed by atoms with E-state index >= 15 is 0 Å². The van der Waals surface area contributed by atoms with Gasteiger partial charge in [0.1, 0.15) is 17.1 Å². The Bertz CT molecular complexity index is 947. The number of halogens is 2. The van der Waals surface area contributed by atoms with E-state index in [1.807, 2.05) is 13.8 Å². The monoisotopic (exact) mass is 345 g/mol. The van der Waals surface area contributed by atoms with E-state index in [0.29, 0.717) is 16.7 Å².